The molecule has 1 aromatic carbocycles. The molecule has 0 unspecified atom stereocenters. The zero-order valence-corrected chi connectivity index (χ0v) is 12.2. The first-order valence-electron chi connectivity index (χ1n) is 6.04. The Balaban J connectivity index is 1.95. The summed E-state index contributed by atoms with van der Waals surface area (Å²) in [6.45, 7) is 0.0658. The van der Waals surface area contributed by atoms with E-state index in [1.165, 1.54) is 12.3 Å². The van der Waals surface area contributed by atoms with E-state index in [-0.39, 0.29) is 17.7 Å². The lowest BCUT2D eigenvalue weighted by molar-refractivity contribution is 0.0666. The molecule has 3 aromatic rings. The minimum atomic E-state index is -0.877. The molecule has 0 aliphatic heterocycles. The van der Waals surface area contributed by atoms with Crippen molar-refractivity contribution < 1.29 is 9.25 Å². The highest BCUT2D eigenvalue weighted by Crippen LogP contribution is 2.10. The van der Waals surface area contributed by atoms with Gasteiger partial charge in [0, 0.05) is 10.7 Å². The Morgan fingerprint density at radius 2 is 1.95 bits per heavy atom. The van der Waals surface area contributed by atoms with Gasteiger partial charge in [-0.05, 0) is 29.8 Å². The van der Waals surface area contributed by atoms with Crippen LogP contribution in [0, 0.1) is 0 Å². The third-order valence-electron chi connectivity index (χ3n) is 2.79. The Kier molecular flexibility index (Phi) is 3.57. The molecule has 0 bridgehead atoms. The second kappa shape index (κ2) is 5.53. The molecule has 3 rings (SSSR count). The summed E-state index contributed by atoms with van der Waals surface area (Å²) in [6, 6.07) is 10.4. The number of hydrogen-bond donors (Lipinski definition) is 0. The Labute approximate surface area is 126 Å². The molecule has 6 nitrogen and oxygen atoms in total. The molecule has 2 aromatic heterocycles. The van der Waals surface area contributed by atoms with E-state index < -0.39 is 11.3 Å². The van der Waals surface area contributed by atoms with Crippen LogP contribution in [0.1, 0.15) is 5.56 Å². The standard InChI is InChI=1S/C14H9BrN2O4/c15-10-5-3-9(4-6-10)8-20-17-13(18)12-11(21-14(17)19)2-1-7-16-12/h1-7H,8H2. The first-order chi connectivity index (χ1) is 10.1. The Morgan fingerprint density at radius 3 is 2.71 bits per heavy atom. The van der Waals surface area contributed by atoms with Crippen LogP contribution < -0.4 is 16.2 Å². The Morgan fingerprint density at radius 1 is 1.19 bits per heavy atom. The van der Waals surface area contributed by atoms with Crippen LogP contribution in [0.5, 0.6) is 0 Å². The van der Waals surface area contributed by atoms with Crippen LogP contribution in [-0.4, -0.2) is 9.71 Å². The monoisotopic (exact) mass is 348 g/mol. The maximum atomic E-state index is 12.1. The first-order valence-corrected chi connectivity index (χ1v) is 6.83. The molecule has 21 heavy (non-hydrogen) atoms. The van der Waals surface area contributed by atoms with Gasteiger partial charge in [-0.3, -0.25) is 4.79 Å². The maximum absolute atomic E-state index is 12.1. The van der Waals surface area contributed by atoms with Gasteiger partial charge in [-0.15, -0.1) is 0 Å². The van der Waals surface area contributed by atoms with E-state index in [1.54, 1.807) is 6.07 Å². The molecule has 0 amide bonds. The minimum absolute atomic E-state index is 0.0490. The average molecular weight is 349 g/mol. The number of halogens is 1. The van der Waals surface area contributed by atoms with Gasteiger partial charge in [0.2, 0.25) is 0 Å². The van der Waals surface area contributed by atoms with Crippen LogP contribution in [0.4, 0.5) is 0 Å². The van der Waals surface area contributed by atoms with Crippen molar-refractivity contribution in [1.82, 2.24) is 9.71 Å². The number of nitrogens with zero attached hydrogens (tertiary/aromatic N) is 2. The van der Waals surface area contributed by atoms with Crippen molar-refractivity contribution in [2.24, 2.45) is 0 Å². The van der Waals surface area contributed by atoms with Gasteiger partial charge < -0.3 is 9.25 Å². The summed E-state index contributed by atoms with van der Waals surface area (Å²) in [4.78, 5) is 33.0. The van der Waals surface area contributed by atoms with E-state index in [1.807, 2.05) is 24.3 Å². The molecule has 7 heteroatoms. The van der Waals surface area contributed by atoms with Gasteiger partial charge in [0.25, 0.3) is 0 Å². The van der Waals surface area contributed by atoms with Crippen LogP contribution in [0.2, 0.25) is 0 Å². The second-order valence-electron chi connectivity index (χ2n) is 4.22. The number of fused-ring (bicyclic) bond motifs is 1. The molecule has 0 atom stereocenters. The smallest absolute Gasteiger partial charge is 0.405 e. The summed E-state index contributed by atoms with van der Waals surface area (Å²) in [5, 5.41) is 0. The number of rotatable bonds is 3. The highest BCUT2D eigenvalue weighted by Gasteiger charge is 2.11. The van der Waals surface area contributed by atoms with Crippen molar-refractivity contribution >= 4 is 27.0 Å². The number of pyridine rings is 1. The largest absolute Gasteiger partial charge is 0.456 e. The average Bonchev–Trinajstić information content (AvgIpc) is 2.49. The summed E-state index contributed by atoms with van der Waals surface area (Å²) >= 11 is 3.32. The van der Waals surface area contributed by atoms with Gasteiger partial charge in [-0.1, -0.05) is 32.8 Å². The molecule has 2 heterocycles. The first kappa shape index (κ1) is 13.6. The van der Waals surface area contributed by atoms with Crippen LogP contribution in [-0.2, 0) is 6.61 Å². The summed E-state index contributed by atoms with van der Waals surface area (Å²) in [5.41, 5.74) is 0.355. The fraction of sp³-hybridized carbons (Fsp3) is 0.0714. The van der Waals surface area contributed by atoms with Gasteiger partial charge in [0.1, 0.15) is 6.61 Å². The quantitative estimate of drug-likeness (QED) is 0.720. The molecule has 0 saturated heterocycles. The molecule has 0 radical (unpaired) electrons. The van der Waals surface area contributed by atoms with Crippen molar-refractivity contribution in [1.29, 1.82) is 0 Å². The maximum Gasteiger partial charge on any atom is 0.456 e. The lowest BCUT2D eigenvalue weighted by Gasteiger charge is -2.07. The third kappa shape index (κ3) is 2.73. The molecule has 106 valence electrons. The molecule has 0 fully saturated rings. The van der Waals surface area contributed by atoms with E-state index in [2.05, 4.69) is 20.9 Å². The van der Waals surface area contributed by atoms with Crippen molar-refractivity contribution in [2.45, 2.75) is 6.61 Å². The van der Waals surface area contributed by atoms with Crippen molar-refractivity contribution in [3.8, 4) is 0 Å². The predicted octanol–water partition coefficient (Wildman–Crippen LogP) is 1.74. The lowest BCUT2D eigenvalue weighted by atomic mass is 10.2. The fourth-order valence-corrected chi connectivity index (χ4v) is 2.04. The molecule has 0 aliphatic rings. The highest BCUT2D eigenvalue weighted by atomic mass is 79.9. The zero-order chi connectivity index (χ0) is 14.8. The van der Waals surface area contributed by atoms with E-state index in [9.17, 15) is 9.59 Å². The SMILES string of the molecule is O=c1oc2cccnc2c(=O)n1OCc1ccc(Br)cc1. The predicted molar refractivity (Wildman–Crippen MR) is 79.0 cm³/mol. The number of hydrogen-bond acceptors (Lipinski definition) is 5. The van der Waals surface area contributed by atoms with Crippen molar-refractivity contribution in [2.75, 3.05) is 0 Å². The lowest BCUT2D eigenvalue weighted by Crippen LogP contribution is -2.37. The summed E-state index contributed by atoms with van der Waals surface area (Å²) in [5.74, 6) is -0.877. The molecule has 0 spiro atoms. The minimum Gasteiger partial charge on any atom is -0.405 e. The van der Waals surface area contributed by atoms with Crippen molar-refractivity contribution in [3.05, 3.63) is 73.5 Å². The number of benzene rings is 1. The van der Waals surface area contributed by atoms with Gasteiger partial charge in [-0.25, -0.2) is 9.78 Å². The molecular weight excluding hydrogens is 340 g/mol. The molecular formula is C14H9BrN2O4. The Bertz CT molecular complexity index is 899. The molecule has 0 saturated carbocycles. The van der Waals surface area contributed by atoms with Crippen LogP contribution in [0.3, 0.4) is 0 Å². The van der Waals surface area contributed by atoms with E-state index in [0.717, 1.165) is 10.0 Å². The molecule has 0 aliphatic carbocycles. The zero-order valence-electron chi connectivity index (χ0n) is 10.7. The summed E-state index contributed by atoms with van der Waals surface area (Å²) in [6.07, 6.45) is 1.45. The highest BCUT2D eigenvalue weighted by molar-refractivity contribution is 9.10. The van der Waals surface area contributed by atoms with E-state index in [4.69, 9.17) is 9.25 Å². The number of aromatic nitrogens is 2. The normalized spacial score (nSPS) is 10.7. The van der Waals surface area contributed by atoms with Gasteiger partial charge >= 0.3 is 11.3 Å². The van der Waals surface area contributed by atoms with Crippen molar-refractivity contribution in [3.63, 3.8) is 0 Å². The van der Waals surface area contributed by atoms with Gasteiger partial charge in [-0.2, -0.15) is 0 Å². The van der Waals surface area contributed by atoms with Crippen LogP contribution >= 0.6 is 15.9 Å². The van der Waals surface area contributed by atoms with E-state index in [0.29, 0.717) is 4.73 Å². The summed E-state index contributed by atoms with van der Waals surface area (Å²) in [7, 11) is 0. The van der Waals surface area contributed by atoms with Gasteiger partial charge in [0.05, 0.1) is 0 Å². The van der Waals surface area contributed by atoms with Gasteiger partial charge in [0.15, 0.2) is 11.1 Å². The topological polar surface area (TPSA) is 74.3 Å². The van der Waals surface area contributed by atoms with Crippen LogP contribution in [0.25, 0.3) is 11.1 Å². The van der Waals surface area contributed by atoms with E-state index >= 15 is 0 Å². The Hall–Kier alpha value is -2.41. The summed E-state index contributed by atoms with van der Waals surface area (Å²) < 4.78 is 6.50. The molecule has 0 N–H and O–H groups in total. The fourth-order valence-electron chi connectivity index (χ4n) is 1.78. The van der Waals surface area contributed by atoms with Crippen LogP contribution in [0.15, 0.2) is 61.1 Å². The third-order valence-corrected chi connectivity index (χ3v) is 3.32. The second-order valence-corrected chi connectivity index (χ2v) is 5.13.